The molecule has 3 atom stereocenters. The van der Waals surface area contributed by atoms with Crippen LogP contribution in [0.5, 0.6) is 5.75 Å². The molecule has 0 aromatic heterocycles. The van der Waals surface area contributed by atoms with Crippen molar-refractivity contribution >= 4 is 0 Å². The van der Waals surface area contributed by atoms with E-state index in [0.29, 0.717) is 17.9 Å². The first kappa shape index (κ1) is 15.2. The minimum atomic E-state index is -4.62. The van der Waals surface area contributed by atoms with Gasteiger partial charge in [0.1, 0.15) is 5.75 Å². The Labute approximate surface area is 117 Å². The van der Waals surface area contributed by atoms with Gasteiger partial charge in [-0.05, 0) is 55.8 Å². The second-order valence-electron chi connectivity index (χ2n) is 5.49. The summed E-state index contributed by atoms with van der Waals surface area (Å²) < 4.78 is 40.1. The SMILES string of the molecule is CNC1CCC(Cc2ccc(OC(F)(F)F)cc2)C1C. The molecule has 20 heavy (non-hydrogen) atoms. The fraction of sp³-hybridized carbons (Fsp3) is 0.600. The monoisotopic (exact) mass is 287 g/mol. The third kappa shape index (κ3) is 3.88. The lowest BCUT2D eigenvalue weighted by molar-refractivity contribution is -0.274. The number of hydrogen-bond acceptors (Lipinski definition) is 2. The van der Waals surface area contributed by atoms with Crippen molar-refractivity contribution in [1.82, 2.24) is 5.32 Å². The van der Waals surface area contributed by atoms with E-state index in [-0.39, 0.29) is 5.75 Å². The van der Waals surface area contributed by atoms with Crippen molar-refractivity contribution < 1.29 is 17.9 Å². The van der Waals surface area contributed by atoms with Crippen LogP contribution in [0.1, 0.15) is 25.3 Å². The largest absolute Gasteiger partial charge is 0.573 e. The third-order valence-electron chi connectivity index (χ3n) is 4.25. The third-order valence-corrected chi connectivity index (χ3v) is 4.25. The van der Waals surface area contributed by atoms with Gasteiger partial charge >= 0.3 is 6.36 Å². The zero-order chi connectivity index (χ0) is 14.8. The summed E-state index contributed by atoms with van der Waals surface area (Å²) in [6, 6.07) is 6.77. The Balaban J connectivity index is 1.94. The van der Waals surface area contributed by atoms with Crippen LogP contribution in [-0.4, -0.2) is 19.5 Å². The molecule has 0 spiro atoms. The van der Waals surface area contributed by atoms with Gasteiger partial charge in [-0.15, -0.1) is 13.2 Å². The van der Waals surface area contributed by atoms with E-state index >= 15 is 0 Å². The van der Waals surface area contributed by atoms with Gasteiger partial charge in [0, 0.05) is 6.04 Å². The van der Waals surface area contributed by atoms with Gasteiger partial charge in [0.05, 0.1) is 0 Å². The van der Waals surface area contributed by atoms with E-state index in [1.807, 2.05) is 7.05 Å². The van der Waals surface area contributed by atoms with Crippen molar-refractivity contribution in [2.75, 3.05) is 7.05 Å². The Morgan fingerprint density at radius 2 is 1.85 bits per heavy atom. The average molecular weight is 287 g/mol. The lowest BCUT2D eigenvalue weighted by atomic mass is 9.89. The van der Waals surface area contributed by atoms with Crippen molar-refractivity contribution in [3.8, 4) is 5.75 Å². The van der Waals surface area contributed by atoms with Crippen molar-refractivity contribution in [2.45, 2.75) is 38.6 Å². The number of alkyl halides is 3. The molecule has 5 heteroatoms. The van der Waals surface area contributed by atoms with E-state index in [0.717, 1.165) is 24.8 Å². The molecular formula is C15H20F3NO. The minimum Gasteiger partial charge on any atom is -0.406 e. The Kier molecular flexibility index (Phi) is 4.58. The number of halogens is 3. The topological polar surface area (TPSA) is 21.3 Å². The van der Waals surface area contributed by atoms with Gasteiger partial charge in [0.15, 0.2) is 0 Å². The molecule has 0 bridgehead atoms. The Morgan fingerprint density at radius 3 is 2.35 bits per heavy atom. The molecule has 1 aliphatic carbocycles. The molecule has 0 saturated heterocycles. The summed E-state index contributed by atoms with van der Waals surface area (Å²) in [5.74, 6) is 1.02. The van der Waals surface area contributed by atoms with Crippen molar-refractivity contribution in [3.05, 3.63) is 29.8 Å². The number of hydrogen-bond donors (Lipinski definition) is 1. The van der Waals surface area contributed by atoms with Gasteiger partial charge < -0.3 is 10.1 Å². The van der Waals surface area contributed by atoms with Crippen LogP contribution in [0.15, 0.2) is 24.3 Å². The van der Waals surface area contributed by atoms with E-state index in [2.05, 4.69) is 17.0 Å². The zero-order valence-corrected chi connectivity index (χ0v) is 11.7. The molecule has 2 rings (SSSR count). The normalized spacial score (nSPS) is 26.8. The smallest absolute Gasteiger partial charge is 0.406 e. The summed E-state index contributed by atoms with van der Waals surface area (Å²) in [6.07, 6.45) is -1.39. The Bertz CT molecular complexity index is 430. The first-order valence-electron chi connectivity index (χ1n) is 6.91. The van der Waals surface area contributed by atoms with Gasteiger partial charge in [-0.1, -0.05) is 19.1 Å². The van der Waals surface area contributed by atoms with Gasteiger partial charge in [0.25, 0.3) is 0 Å². The number of ether oxygens (including phenoxy) is 1. The summed E-state index contributed by atoms with van der Waals surface area (Å²) in [4.78, 5) is 0. The molecule has 1 aliphatic rings. The fourth-order valence-corrected chi connectivity index (χ4v) is 3.07. The predicted molar refractivity (Wildman–Crippen MR) is 71.6 cm³/mol. The molecule has 0 radical (unpaired) electrons. The van der Waals surface area contributed by atoms with Gasteiger partial charge in [-0.25, -0.2) is 0 Å². The van der Waals surface area contributed by atoms with E-state index < -0.39 is 6.36 Å². The molecule has 1 aromatic carbocycles. The number of nitrogens with one attached hydrogen (secondary N) is 1. The first-order valence-corrected chi connectivity index (χ1v) is 6.91. The summed E-state index contributed by atoms with van der Waals surface area (Å²) in [7, 11) is 1.98. The highest BCUT2D eigenvalue weighted by atomic mass is 19.4. The van der Waals surface area contributed by atoms with Gasteiger partial charge in [-0.2, -0.15) is 0 Å². The number of benzene rings is 1. The average Bonchev–Trinajstić information content (AvgIpc) is 2.71. The maximum Gasteiger partial charge on any atom is 0.573 e. The standard InChI is InChI=1S/C15H20F3NO/c1-10-12(5-8-14(10)19-2)9-11-3-6-13(7-4-11)20-15(16,17)18/h3-4,6-7,10,12,14,19H,5,8-9H2,1-2H3. The van der Waals surface area contributed by atoms with E-state index in [1.54, 1.807) is 12.1 Å². The molecule has 0 amide bonds. The first-order chi connectivity index (χ1) is 9.39. The Morgan fingerprint density at radius 1 is 1.20 bits per heavy atom. The molecule has 112 valence electrons. The molecule has 2 nitrogen and oxygen atoms in total. The van der Waals surface area contributed by atoms with Crippen LogP contribution in [0, 0.1) is 11.8 Å². The van der Waals surface area contributed by atoms with E-state index in [4.69, 9.17) is 0 Å². The maximum atomic E-state index is 12.1. The van der Waals surface area contributed by atoms with Gasteiger partial charge in [0.2, 0.25) is 0 Å². The number of rotatable bonds is 4. The summed E-state index contributed by atoms with van der Waals surface area (Å²) in [5.41, 5.74) is 1.06. The molecule has 1 fully saturated rings. The zero-order valence-electron chi connectivity index (χ0n) is 11.7. The maximum absolute atomic E-state index is 12.1. The molecule has 0 heterocycles. The molecule has 1 N–H and O–H groups in total. The summed E-state index contributed by atoms with van der Waals surface area (Å²) in [5, 5.41) is 3.32. The van der Waals surface area contributed by atoms with Crippen LogP contribution in [-0.2, 0) is 6.42 Å². The predicted octanol–water partition coefficient (Wildman–Crippen LogP) is 3.76. The molecule has 1 aromatic rings. The highest BCUT2D eigenvalue weighted by molar-refractivity contribution is 5.27. The second kappa shape index (κ2) is 6.04. The quantitative estimate of drug-likeness (QED) is 0.910. The highest BCUT2D eigenvalue weighted by Crippen LogP contribution is 2.34. The van der Waals surface area contributed by atoms with Crippen LogP contribution in [0.4, 0.5) is 13.2 Å². The van der Waals surface area contributed by atoms with Crippen molar-refractivity contribution in [1.29, 1.82) is 0 Å². The molecule has 1 saturated carbocycles. The van der Waals surface area contributed by atoms with Gasteiger partial charge in [-0.3, -0.25) is 0 Å². The highest BCUT2D eigenvalue weighted by Gasteiger charge is 2.32. The van der Waals surface area contributed by atoms with Crippen LogP contribution < -0.4 is 10.1 Å². The van der Waals surface area contributed by atoms with E-state index in [9.17, 15) is 13.2 Å². The Hall–Kier alpha value is -1.23. The lowest BCUT2D eigenvalue weighted by Crippen LogP contribution is -2.29. The summed E-state index contributed by atoms with van der Waals surface area (Å²) >= 11 is 0. The molecular weight excluding hydrogens is 267 g/mol. The molecule has 3 unspecified atom stereocenters. The van der Waals surface area contributed by atoms with Crippen molar-refractivity contribution in [3.63, 3.8) is 0 Å². The van der Waals surface area contributed by atoms with E-state index in [1.165, 1.54) is 12.1 Å². The van der Waals surface area contributed by atoms with Crippen LogP contribution >= 0.6 is 0 Å². The van der Waals surface area contributed by atoms with Crippen molar-refractivity contribution in [2.24, 2.45) is 11.8 Å². The lowest BCUT2D eigenvalue weighted by Gasteiger charge is -2.20. The second-order valence-corrected chi connectivity index (χ2v) is 5.49. The van der Waals surface area contributed by atoms with Crippen LogP contribution in [0.3, 0.4) is 0 Å². The fourth-order valence-electron chi connectivity index (χ4n) is 3.07. The van der Waals surface area contributed by atoms with Crippen LogP contribution in [0.25, 0.3) is 0 Å². The summed E-state index contributed by atoms with van der Waals surface area (Å²) in [6.45, 7) is 2.24. The minimum absolute atomic E-state index is 0.158. The van der Waals surface area contributed by atoms with Crippen LogP contribution in [0.2, 0.25) is 0 Å². The molecule has 0 aliphatic heterocycles.